The average molecular weight is 254 g/mol. The van der Waals surface area contributed by atoms with Gasteiger partial charge >= 0.3 is 7.82 Å². The molecule has 0 aromatic heterocycles. The van der Waals surface area contributed by atoms with E-state index in [0.717, 1.165) is 0 Å². The van der Waals surface area contributed by atoms with E-state index in [9.17, 15) is 4.57 Å². The predicted octanol–water partition coefficient (Wildman–Crippen LogP) is 2.73. The molecule has 16 heavy (non-hydrogen) atoms. The molecule has 0 saturated carbocycles. The van der Waals surface area contributed by atoms with Crippen LogP contribution < -0.4 is 0 Å². The topological polar surface area (TPSA) is 65.0 Å². The number of aliphatic hydroxyl groups is 1. The maximum Gasteiger partial charge on any atom is 0.475 e. The van der Waals surface area contributed by atoms with E-state index in [1.807, 2.05) is 0 Å². The van der Waals surface area contributed by atoms with Crippen molar-refractivity contribution in [2.24, 2.45) is 0 Å². The van der Waals surface area contributed by atoms with Gasteiger partial charge in [0.05, 0.1) is 24.4 Å². The molecule has 0 aromatic carbocycles. The molecule has 0 spiro atoms. The first kappa shape index (κ1) is 16.1. The molecular formula is C10H23O5P. The highest BCUT2D eigenvalue weighted by molar-refractivity contribution is 7.48. The summed E-state index contributed by atoms with van der Waals surface area (Å²) in [5.41, 5.74) is -1.29. The van der Waals surface area contributed by atoms with Gasteiger partial charge in [-0.15, -0.1) is 0 Å². The van der Waals surface area contributed by atoms with Crippen LogP contribution in [0.5, 0.6) is 0 Å². The molecule has 0 radical (unpaired) electrons. The van der Waals surface area contributed by atoms with Crippen molar-refractivity contribution in [3.05, 3.63) is 0 Å². The summed E-state index contributed by atoms with van der Waals surface area (Å²) in [6.45, 7) is 10.2. The molecule has 0 aliphatic rings. The SMILES string of the molecule is CC(C)(C)OP(=O)(OCCO)OC(C)(C)C. The van der Waals surface area contributed by atoms with Crippen molar-refractivity contribution in [1.29, 1.82) is 0 Å². The average Bonchev–Trinajstić information content (AvgIpc) is 1.93. The quantitative estimate of drug-likeness (QED) is 0.764. The van der Waals surface area contributed by atoms with Gasteiger partial charge in [0, 0.05) is 0 Å². The highest BCUT2D eigenvalue weighted by Gasteiger charge is 2.36. The number of aliphatic hydroxyl groups excluding tert-OH is 1. The van der Waals surface area contributed by atoms with E-state index in [0.29, 0.717) is 0 Å². The third kappa shape index (κ3) is 8.25. The zero-order chi connectivity index (χ0) is 13.0. The summed E-state index contributed by atoms with van der Waals surface area (Å²) in [4.78, 5) is 0. The van der Waals surface area contributed by atoms with E-state index in [-0.39, 0.29) is 13.2 Å². The minimum Gasteiger partial charge on any atom is -0.394 e. The zero-order valence-corrected chi connectivity index (χ0v) is 11.8. The Bertz CT molecular complexity index is 231. The molecule has 0 aromatic rings. The second kappa shape index (κ2) is 5.61. The van der Waals surface area contributed by atoms with Crippen LogP contribution in [-0.2, 0) is 18.1 Å². The van der Waals surface area contributed by atoms with Gasteiger partial charge in [-0.1, -0.05) is 0 Å². The standard InChI is InChI=1S/C10H23O5P/c1-9(2,3)14-16(12,13-8-7-11)15-10(4,5)6/h11H,7-8H2,1-6H3. The second-order valence-electron chi connectivity index (χ2n) is 5.41. The summed E-state index contributed by atoms with van der Waals surface area (Å²) >= 11 is 0. The van der Waals surface area contributed by atoms with Crippen LogP contribution in [0.4, 0.5) is 0 Å². The van der Waals surface area contributed by atoms with Crippen LogP contribution in [0.1, 0.15) is 41.5 Å². The van der Waals surface area contributed by atoms with Gasteiger partial charge in [0.1, 0.15) is 0 Å². The summed E-state index contributed by atoms with van der Waals surface area (Å²) in [6, 6.07) is 0. The molecule has 0 bridgehead atoms. The maximum absolute atomic E-state index is 12.2. The molecule has 0 aliphatic carbocycles. The van der Waals surface area contributed by atoms with Crippen molar-refractivity contribution in [2.75, 3.05) is 13.2 Å². The number of phosphoric ester groups is 1. The first-order valence-electron chi connectivity index (χ1n) is 5.24. The lowest BCUT2D eigenvalue weighted by Gasteiger charge is -2.30. The van der Waals surface area contributed by atoms with Gasteiger partial charge in [-0.2, -0.15) is 0 Å². The largest absolute Gasteiger partial charge is 0.475 e. The van der Waals surface area contributed by atoms with E-state index in [4.69, 9.17) is 18.7 Å². The summed E-state index contributed by atoms with van der Waals surface area (Å²) in [5.74, 6) is 0. The minimum absolute atomic E-state index is 0.0799. The smallest absolute Gasteiger partial charge is 0.394 e. The molecule has 0 atom stereocenters. The number of hydrogen-bond donors (Lipinski definition) is 1. The number of phosphoric acid groups is 1. The van der Waals surface area contributed by atoms with Crippen LogP contribution in [0.25, 0.3) is 0 Å². The van der Waals surface area contributed by atoms with Gasteiger partial charge in [-0.05, 0) is 41.5 Å². The molecule has 0 heterocycles. The number of hydrogen-bond acceptors (Lipinski definition) is 5. The Labute approximate surface area is 97.7 Å². The number of rotatable bonds is 5. The van der Waals surface area contributed by atoms with Crippen molar-refractivity contribution < 1.29 is 23.2 Å². The van der Waals surface area contributed by atoms with Crippen molar-refractivity contribution in [1.82, 2.24) is 0 Å². The van der Waals surface area contributed by atoms with Gasteiger partial charge in [-0.25, -0.2) is 4.57 Å². The molecule has 5 nitrogen and oxygen atoms in total. The molecule has 98 valence electrons. The Morgan fingerprint density at radius 1 is 1.00 bits per heavy atom. The van der Waals surface area contributed by atoms with Crippen LogP contribution in [0.15, 0.2) is 0 Å². The highest BCUT2D eigenvalue weighted by Crippen LogP contribution is 2.55. The van der Waals surface area contributed by atoms with Gasteiger partial charge in [-0.3, -0.25) is 13.6 Å². The monoisotopic (exact) mass is 254 g/mol. The van der Waals surface area contributed by atoms with E-state index in [2.05, 4.69) is 0 Å². The predicted molar refractivity (Wildman–Crippen MR) is 62.3 cm³/mol. The van der Waals surface area contributed by atoms with E-state index < -0.39 is 19.0 Å². The summed E-state index contributed by atoms with van der Waals surface area (Å²) in [6.07, 6.45) is 0. The molecule has 0 unspecified atom stereocenters. The van der Waals surface area contributed by atoms with Crippen molar-refractivity contribution >= 4 is 7.82 Å². The molecule has 0 saturated heterocycles. The molecular weight excluding hydrogens is 231 g/mol. The maximum atomic E-state index is 12.2. The Morgan fingerprint density at radius 2 is 1.38 bits per heavy atom. The molecule has 0 rings (SSSR count). The normalized spacial score (nSPS) is 14.2. The summed E-state index contributed by atoms with van der Waals surface area (Å²) in [5, 5.41) is 8.67. The fourth-order valence-electron chi connectivity index (χ4n) is 0.895. The van der Waals surface area contributed by atoms with Crippen molar-refractivity contribution in [3.8, 4) is 0 Å². The van der Waals surface area contributed by atoms with E-state index in [1.165, 1.54) is 0 Å². The Balaban J connectivity index is 4.69. The van der Waals surface area contributed by atoms with Crippen LogP contribution in [-0.4, -0.2) is 29.5 Å². The van der Waals surface area contributed by atoms with Crippen LogP contribution >= 0.6 is 7.82 Å². The Kier molecular flexibility index (Phi) is 5.63. The van der Waals surface area contributed by atoms with Crippen LogP contribution in [0.2, 0.25) is 0 Å². The van der Waals surface area contributed by atoms with E-state index >= 15 is 0 Å². The zero-order valence-electron chi connectivity index (χ0n) is 10.9. The molecule has 6 heteroatoms. The molecule has 0 amide bonds. The minimum atomic E-state index is -3.64. The molecule has 1 N–H and O–H groups in total. The van der Waals surface area contributed by atoms with Gasteiger partial charge in [0.25, 0.3) is 0 Å². The fraction of sp³-hybridized carbons (Fsp3) is 1.00. The fourth-order valence-corrected chi connectivity index (χ4v) is 2.68. The van der Waals surface area contributed by atoms with Gasteiger partial charge in [0.2, 0.25) is 0 Å². The lowest BCUT2D eigenvalue weighted by Crippen LogP contribution is -2.25. The lowest BCUT2D eigenvalue weighted by atomic mass is 10.2. The van der Waals surface area contributed by atoms with Gasteiger partial charge < -0.3 is 5.11 Å². The molecule has 0 aliphatic heterocycles. The summed E-state index contributed by atoms with van der Waals surface area (Å²) < 4.78 is 27.8. The first-order valence-corrected chi connectivity index (χ1v) is 6.70. The molecule has 0 fully saturated rings. The first-order chi connectivity index (χ1) is 6.97. The Morgan fingerprint density at radius 3 is 1.62 bits per heavy atom. The Hall–Kier alpha value is 0.0700. The van der Waals surface area contributed by atoms with E-state index in [1.54, 1.807) is 41.5 Å². The second-order valence-corrected chi connectivity index (χ2v) is 6.93. The lowest BCUT2D eigenvalue weighted by molar-refractivity contribution is -0.000799. The summed E-state index contributed by atoms with van der Waals surface area (Å²) in [7, 11) is -3.64. The highest BCUT2D eigenvalue weighted by atomic mass is 31.2. The van der Waals surface area contributed by atoms with Crippen molar-refractivity contribution in [3.63, 3.8) is 0 Å². The third-order valence-electron chi connectivity index (χ3n) is 1.11. The van der Waals surface area contributed by atoms with Crippen LogP contribution in [0, 0.1) is 0 Å². The van der Waals surface area contributed by atoms with Crippen molar-refractivity contribution in [2.45, 2.75) is 52.7 Å². The van der Waals surface area contributed by atoms with Gasteiger partial charge in [0.15, 0.2) is 0 Å². The van der Waals surface area contributed by atoms with Crippen LogP contribution in [0.3, 0.4) is 0 Å². The third-order valence-corrected chi connectivity index (χ3v) is 3.15.